The molecular formula is C30H36ClF3N6O4. The molecule has 10 nitrogen and oxygen atoms in total. The first-order valence-corrected chi connectivity index (χ1v) is 15.4. The fraction of sp³-hybridized carbons (Fsp3) is 0.633. The quantitative estimate of drug-likeness (QED) is 0.462. The monoisotopic (exact) mass is 636 g/mol. The summed E-state index contributed by atoms with van der Waals surface area (Å²) in [6, 6.07) is 0.253. The van der Waals surface area contributed by atoms with Crippen LogP contribution in [-0.2, 0) is 34.5 Å². The number of carbonyl (C=O) groups is 3. The summed E-state index contributed by atoms with van der Waals surface area (Å²) in [5, 5.41) is 7.58. The number of aryl methyl sites for hydroxylation is 1. The van der Waals surface area contributed by atoms with Crippen molar-refractivity contribution in [3.63, 3.8) is 0 Å². The number of primary amides is 1. The first-order valence-electron chi connectivity index (χ1n) is 15.0. The predicted molar refractivity (Wildman–Crippen MR) is 152 cm³/mol. The molecule has 3 fully saturated rings. The summed E-state index contributed by atoms with van der Waals surface area (Å²) in [7, 11) is 1.33. The van der Waals surface area contributed by atoms with Gasteiger partial charge < -0.3 is 20.3 Å². The Morgan fingerprint density at radius 3 is 2.66 bits per heavy atom. The second kappa shape index (κ2) is 11.2. The molecule has 3 atom stereocenters. The predicted octanol–water partition coefficient (Wildman–Crippen LogP) is 4.24. The van der Waals surface area contributed by atoms with Gasteiger partial charge in [-0.25, -0.2) is 17.9 Å². The van der Waals surface area contributed by atoms with Crippen LogP contribution in [0.1, 0.15) is 86.9 Å². The van der Waals surface area contributed by atoms with Crippen LogP contribution >= 0.6 is 11.6 Å². The molecule has 2 aromatic rings. The molecule has 2 aliphatic carbocycles. The summed E-state index contributed by atoms with van der Waals surface area (Å²) in [5.41, 5.74) is 4.95. The maximum atomic E-state index is 15.8. The average Bonchev–Trinajstić information content (AvgIpc) is 3.50. The lowest BCUT2D eigenvalue weighted by Gasteiger charge is -2.45. The van der Waals surface area contributed by atoms with Crippen molar-refractivity contribution in [1.82, 2.24) is 24.8 Å². The second-order valence-corrected chi connectivity index (χ2v) is 13.4. The Kier molecular flexibility index (Phi) is 7.82. The Labute approximate surface area is 258 Å². The van der Waals surface area contributed by atoms with Crippen LogP contribution in [0.15, 0.2) is 6.07 Å². The topological polar surface area (TPSA) is 124 Å². The highest BCUT2D eigenvalue weighted by atomic mass is 35.5. The summed E-state index contributed by atoms with van der Waals surface area (Å²) < 4.78 is 50.1. The van der Waals surface area contributed by atoms with E-state index in [0.717, 1.165) is 36.4 Å². The standard InChI is InChI=1S/C30H36ClF3N6O4/c1-29(28(35)43)7-4-3-5-17(29)27(42)40-10-6-16-18(31)11-19(32)25(44-14-20-24(26(33)34)38(2)37-36-20)23(16)21(40)13-39-15-30(8-9-30)12-22(39)41/h11,17,21,26H,3-10,12-15H2,1-2H3,(H2,35,43)/t17-,21?,29-/m0/s1. The molecule has 1 spiro atoms. The second-order valence-electron chi connectivity index (χ2n) is 13.0. The maximum absolute atomic E-state index is 15.8. The van der Waals surface area contributed by atoms with E-state index in [1.54, 1.807) is 16.7 Å². The van der Waals surface area contributed by atoms with Crippen molar-refractivity contribution in [2.24, 2.45) is 29.5 Å². The van der Waals surface area contributed by atoms with Gasteiger partial charge in [0.05, 0.1) is 17.4 Å². The van der Waals surface area contributed by atoms with Crippen LogP contribution in [0.3, 0.4) is 0 Å². The van der Waals surface area contributed by atoms with E-state index in [4.69, 9.17) is 22.1 Å². The summed E-state index contributed by atoms with van der Waals surface area (Å²) in [6.45, 7) is 2.03. The average molecular weight is 637 g/mol. The highest BCUT2D eigenvalue weighted by Gasteiger charge is 2.53. The number of fused-ring (bicyclic) bond motifs is 1. The fourth-order valence-corrected chi connectivity index (χ4v) is 7.71. The molecule has 1 aromatic carbocycles. The summed E-state index contributed by atoms with van der Waals surface area (Å²) in [4.78, 5) is 43.5. The minimum Gasteiger partial charge on any atom is -0.484 e. The van der Waals surface area contributed by atoms with Crippen LogP contribution in [0.5, 0.6) is 5.75 Å². The molecule has 3 heterocycles. The van der Waals surface area contributed by atoms with Crippen LogP contribution < -0.4 is 10.5 Å². The van der Waals surface area contributed by atoms with Gasteiger partial charge in [-0.15, -0.1) is 5.10 Å². The molecule has 44 heavy (non-hydrogen) atoms. The van der Waals surface area contributed by atoms with Gasteiger partial charge in [0.25, 0.3) is 6.43 Å². The Morgan fingerprint density at radius 1 is 1.25 bits per heavy atom. The normalized spacial score (nSPS) is 25.9. The number of alkyl halides is 2. The molecule has 1 unspecified atom stereocenters. The maximum Gasteiger partial charge on any atom is 0.282 e. The Hall–Kier alpha value is -3.35. The Balaban J connectivity index is 1.41. The van der Waals surface area contributed by atoms with Gasteiger partial charge in [0, 0.05) is 43.7 Å². The highest BCUT2D eigenvalue weighted by Crippen LogP contribution is 2.54. The molecule has 2 N–H and O–H groups in total. The zero-order valence-corrected chi connectivity index (χ0v) is 25.5. The van der Waals surface area contributed by atoms with Crippen LogP contribution in [0.25, 0.3) is 0 Å². The molecule has 1 aromatic heterocycles. The van der Waals surface area contributed by atoms with Crippen molar-refractivity contribution < 1.29 is 32.3 Å². The van der Waals surface area contributed by atoms with E-state index in [1.165, 1.54) is 7.05 Å². The van der Waals surface area contributed by atoms with E-state index >= 15 is 4.39 Å². The van der Waals surface area contributed by atoms with Crippen LogP contribution in [0.2, 0.25) is 5.02 Å². The number of ether oxygens (including phenoxy) is 1. The number of carbonyl (C=O) groups excluding carboxylic acids is 3. The first-order chi connectivity index (χ1) is 20.8. The number of rotatable bonds is 8. The number of aromatic nitrogens is 3. The molecule has 3 amide bonds. The SMILES string of the molecule is Cn1nnc(COc2c(F)cc(Cl)c3c2C(CN2CC4(CC4)CC2=O)N(C(=O)[C@@H]2CCCC[C@]2(C)C(N)=O)CC3)c1C(F)F. The lowest BCUT2D eigenvalue weighted by molar-refractivity contribution is -0.152. The van der Waals surface area contributed by atoms with Crippen molar-refractivity contribution in [3.8, 4) is 5.75 Å². The molecule has 4 aliphatic rings. The van der Waals surface area contributed by atoms with E-state index in [1.807, 2.05) is 0 Å². The lowest BCUT2D eigenvalue weighted by Crippen LogP contribution is -2.54. The van der Waals surface area contributed by atoms with Gasteiger partial charge in [0.2, 0.25) is 17.7 Å². The smallest absolute Gasteiger partial charge is 0.282 e. The van der Waals surface area contributed by atoms with Crippen molar-refractivity contribution >= 4 is 29.3 Å². The molecule has 2 saturated carbocycles. The third-order valence-electron chi connectivity index (χ3n) is 10.3. The number of nitrogens with zero attached hydrogens (tertiary/aromatic N) is 5. The number of benzene rings is 1. The van der Waals surface area contributed by atoms with E-state index in [9.17, 15) is 23.2 Å². The van der Waals surface area contributed by atoms with E-state index < -0.39 is 47.8 Å². The van der Waals surface area contributed by atoms with Gasteiger partial charge in [-0.3, -0.25) is 14.4 Å². The first kappa shape index (κ1) is 30.7. The zero-order chi connectivity index (χ0) is 31.6. The Bertz CT molecular complexity index is 1510. The van der Waals surface area contributed by atoms with Crippen molar-refractivity contribution in [3.05, 3.63) is 39.4 Å². The molecule has 238 valence electrons. The minimum atomic E-state index is -2.88. The third kappa shape index (κ3) is 5.20. The van der Waals surface area contributed by atoms with Crippen LogP contribution in [-0.4, -0.2) is 62.1 Å². The zero-order valence-electron chi connectivity index (χ0n) is 24.8. The van der Waals surface area contributed by atoms with Crippen LogP contribution in [0.4, 0.5) is 13.2 Å². The molecule has 14 heteroatoms. The van der Waals surface area contributed by atoms with Crippen molar-refractivity contribution in [2.45, 2.75) is 77.4 Å². The number of amides is 3. The van der Waals surface area contributed by atoms with Gasteiger partial charge >= 0.3 is 0 Å². The number of halogens is 4. The van der Waals surface area contributed by atoms with Crippen molar-refractivity contribution in [2.75, 3.05) is 19.6 Å². The molecule has 0 radical (unpaired) electrons. The largest absolute Gasteiger partial charge is 0.484 e. The van der Waals surface area contributed by atoms with Gasteiger partial charge in [0.15, 0.2) is 11.6 Å². The van der Waals surface area contributed by atoms with E-state index in [-0.39, 0.29) is 53.2 Å². The van der Waals surface area contributed by atoms with Gasteiger partial charge in [-0.2, -0.15) is 0 Å². The minimum absolute atomic E-state index is 0.0484. The van der Waals surface area contributed by atoms with Crippen LogP contribution in [0, 0.1) is 22.6 Å². The molecule has 1 saturated heterocycles. The van der Waals surface area contributed by atoms with Gasteiger partial charge in [-0.1, -0.05) is 29.7 Å². The molecule has 0 bridgehead atoms. The summed E-state index contributed by atoms with van der Waals surface area (Å²) >= 11 is 6.57. The fourth-order valence-electron chi connectivity index (χ4n) is 7.42. The van der Waals surface area contributed by atoms with Gasteiger partial charge in [-0.05, 0) is 56.1 Å². The lowest BCUT2D eigenvalue weighted by atomic mass is 9.66. The highest BCUT2D eigenvalue weighted by molar-refractivity contribution is 6.31. The van der Waals surface area contributed by atoms with E-state index in [2.05, 4.69) is 10.3 Å². The van der Waals surface area contributed by atoms with E-state index in [0.29, 0.717) is 36.9 Å². The molecular weight excluding hydrogens is 601 g/mol. The number of hydrogen-bond donors (Lipinski definition) is 1. The third-order valence-corrected chi connectivity index (χ3v) is 10.6. The Morgan fingerprint density at radius 2 is 2.00 bits per heavy atom. The van der Waals surface area contributed by atoms with Gasteiger partial charge in [0.1, 0.15) is 18.0 Å². The summed E-state index contributed by atoms with van der Waals surface area (Å²) in [6.07, 6.45) is 2.14. The van der Waals surface area contributed by atoms with Crippen molar-refractivity contribution in [1.29, 1.82) is 0 Å². The number of nitrogens with two attached hydrogens (primary N) is 1. The number of hydrogen-bond acceptors (Lipinski definition) is 6. The molecule has 6 rings (SSSR count). The summed E-state index contributed by atoms with van der Waals surface area (Å²) in [5.74, 6) is -2.66. The molecule has 2 aliphatic heterocycles. The number of likely N-dealkylation sites (tertiary alicyclic amines) is 1.